The molecule has 0 saturated carbocycles. The first kappa shape index (κ1) is 14.9. The molecule has 4 heteroatoms. The highest BCUT2D eigenvalue weighted by Gasteiger charge is 2.18. The average molecular weight is 284 g/mol. The van der Waals surface area contributed by atoms with Gasteiger partial charge in [-0.3, -0.25) is 4.79 Å². The molecule has 1 unspecified atom stereocenters. The van der Waals surface area contributed by atoms with E-state index in [1.807, 2.05) is 38.1 Å². The largest absolute Gasteiger partial charge is 0.496 e. The highest BCUT2D eigenvalue weighted by atomic mass is 16.5. The number of rotatable bonds is 4. The first-order valence-electron chi connectivity index (χ1n) is 6.83. The molecule has 2 aromatic carbocycles. The second-order valence-corrected chi connectivity index (χ2v) is 4.98. The van der Waals surface area contributed by atoms with Crippen LogP contribution in [-0.2, 0) is 0 Å². The second kappa shape index (κ2) is 6.31. The average Bonchev–Trinajstić information content (AvgIpc) is 2.46. The number of anilines is 1. The topological polar surface area (TPSA) is 64.3 Å². The third kappa shape index (κ3) is 3.16. The number of benzene rings is 2. The van der Waals surface area contributed by atoms with Gasteiger partial charge in [-0.2, -0.15) is 0 Å². The number of hydrogen-bond donors (Lipinski definition) is 2. The lowest BCUT2D eigenvalue weighted by Gasteiger charge is -2.18. The van der Waals surface area contributed by atoms with Crippen molar-refractivity contribution >= 4 is 11.6 Å². The van der Waals surface area contributed by atoms with Crippen molar-refractivity contribution in [1.29, 1.82) is 0 Å². The van der Waals surface area contributed by atoms with Crippen LogP contribution in [0.25, 0.3) is 0 Å². The van der Waals surface area contributed by atoms with Crippen molar-refractivity contribution in [3.8, 4) is 5.75 Å². The molecule has 0 aliphatic heterocycles. The summed E-state index contributed by atoms with van der Waals surface area (Å²) in [5, 5.41) is 2.97. The molecule has 0 heterocycles. The Morgan fingerprint density at radius 1 is 1.19 bits per heavy atom. The minimum atomic E-state index is -0.235. The first-order valence-corrected chi connectivity index (χ1v) is 6.83. The summed E-state index contributed by atoms with van der Waals surface area (Å²) in [4.78, 5) is 12.5. The molecule has 2 aromatic rings. The van der Waals surface area contributed by atoms with Crippen LogP contribution < -0.4 is 15.8 Å². The summed E-state index contributed by atoms with van der Waals surface area (Å²) < 4.78 is 5.22. The maximum Gasteiger partial charge on any atom is 0.257 e. The summed E-state index contributed by atoms with van der Waals surface area (Å²) in [7, 11) is 1.52. The van der Waals surface area contributed by atoms with Gasteiger partial charge in [0.15, 0.2) is 0 Å². The Balaban J connectivity index is 2.25. The predicted octanol–water partition coefficient (Wildman–Crippen LogP) is 3.08. The van der Waals surface area contributed by atoms with Crippen LogP contribution in [0.4, 0.5) is 5.69 Å². The van der Waals surface area contributed by atoms with Crippen LogP contribution in [0.2, 0.25) is 0 Å². The highest BCUT2D eigenvalue weighted by Crippen LogP contribution is 2.25. The molecule has 1 atom stereocenters. The predicted molar refractivity (Wildman–Crippen MR) is 84.5 cm³/mol. The summed E-state index contributed by atoms with van der Waals surface area (Å²) in [5.41, 5.74) is 8.90. The molecule has 110 valence electrons. The fourth-order valence-electron chi connectivity index (χ4n) is 2.38. The standard InChI is InChI=1S/C17H20N2O2/c1-11-7-4-5-8-13(11)12(2)19-17(20)16-14(18)9-6-10-15(16)21-3/h4-10,12H,18H2,1-3H3,(H,19,20). The molecular formula is C17H20N2O2. The number of nitrogen functional groups attached to an aromatic ring is 1. The van der Waals surface area contributed by atoms with Gasteiger partial charge >= 0.3 is 0 Å². The summed E-state index contributed by atoms with van der Waals surface area (Å²) in [6.07, 6.45) is 0. The van der Waals surface area contributed by atoms with Crippen molar-refractivity contribution in [3.63, 3.8) is 0 Å². The SMILES string of the molecule is COc1cccc(N)c1C(=O)NC(C)c1ccccc1C. The normalized spacial score (nSPS) is 11.8. The molecule has 2 rings (SSSR count). The molecule has 21 heavy (non-hydrogen) atoms. The zero-order valence-corrected chi connectivity index (χ0v) is 12.5. The lowest BCUT2D eigenvalue weighted by molar-refractivity contribution is 0.0937. The Labute approximate surface area is 124 Å². The molecular weight excluding hydrogens is 264 g/mol. The van der Waals surface area contributed by atoms with Crippen molar-refractivity contribution in [2.75, 3.05) is 12.8 Å². The lowest BCUT2D eigenvalue weighted by atomic mass is 10.0. The number of carbonyl (C=O) groups is 1. The van der Waals surface area contributed by atoms with E-state index < -0.39 is 0 Å². The van der Waals surface area contributed by atoms with Crippen molar-refractivity contribution < 1.29 is 9.53 Å². The molecule has 0 aliphatic rings. The van der Waals surface area contributed by atoms with Gasteiger partial charge in [0, 0.05) is 5.69 Å². The van der Waals surface area contributed by atoms with Crippen LogP contribution in [0.15, 0.2) is 42.5 Å². The van der Waals surface area contributed by atoms with Crippen molar-refractivity contribution in [3.05, 3.63) is 59.2 Å². The first-order chi connectivity index (χ1) is 10.0. The van der Waals surface area contributed by atoms with E-state index in [1.165, 1.54) is 7.11 Å². The Kier molecular flexibility index (Phi) is 4.48. The molecule has 0 aromatic heterocycles. The number of nitrogens with one attached hydrogen (secondary N) is 1. The Hall–Kier alpha value is -2.49. The van der Waals surface area contributed by atoms with Crippen LogP contribution >= 0.6 is 0 Å². The van der Waals surface area contributed by atoms with E-state index in [2.05, 4.69) is 5.32 Å². The van der Waals surface area contributed by atoms with E-state index in [0.717, 1.165) is 11.1 Å². The summed E-state index contributed by atoms with van der Waals surface area (Å²) in [5.74, 6) is 0.241. The fourth-order valence-corrected chi connectivity index (χ4v) is 2.38. The lowest BCUT2D eigenvalue weighted by Crippen LogP contribution is -2.28. The van der Waals surface area contributed by atoms with Crippen LogP contribution in [0.5, 0.6) is 5.75 Å². The number of ether oxygens (including phenoxy) is 1. The van der Waals surface area contributed by atoms with E-state index >= 15 is 0 Å². The van der Waals surface area contributed by atoms with Crippen LogP contribution in [0.1, 0.15) is 34.5 Å². The fraction of sp³-hybridized carbons (Fsp3) is 0.235. The van der Waals surface area contributed by atoms with Gasteiger partial charge in [0.1, 0.15) is 11.3 Å². The number of nitrogens with two attached hydrogens (primary N) is 1. The Bertz CT molecular complexity index is 653. The van der Waals surface area contributed by atoms with E-state index in [9.17, 15) is 4.79 Å². The quantitative estimate of drug-likeness (QED) is 0.848. The van der Waals surface area contributed by atoms with Gasteiger partial charge in [-0.05, 0) is 37.1 Å². The molecule has 0 saturated heterocycles. The van der Waals surface area contributed by atoms with E-state index in [0.29, 0.717) is 17.0 Å². The Morgan fingerprint density at radius 3 is 2.57 bits per heavy atom. The molecule has 0 fully saturated rings. The van der Waals surface area contributed by atoms with Gasteiger partial charge in [0.2, 0.25) is 0 Å². The number of hydrogen-bond acceptors (Lipinski definition) is 3. The maximum atomic E-state index is 12.5. The Morgan fingerprint density at radius 2 is 1.90 bits per heavy atom. The zero-order chi connectivity index (χ0) is 15.4. The minimum absolute atomic E-state index is 0.108. The molecule has 3 N–H and O–H groups in total. The smallest absolute Gasteiger partial charge is 0.257 e. The van der Waals surface area contributed by atoms with E-state index in [4.69, 9.17) is 10.5 Å². The van der Waals surface area contributed by atoms with E-state index in [1.54, 1.807) is 18.2 Å². The molecule has 1 amide bonds. The van der Waals surface area contributed by atoms with Gasteiger partial charge in [0.25, 0.3) is 5.91 Å². The molecule has 0 bridgehead atoms. The number of carbonyl (C=O) groups excluding carboxylic acids is 1. The summed E-state index contributed by atoms with van der Waals surface area (Å²) >= 11 is 0. The minimum Gasteiger partial charge on any atom is -0.496 e. The van der Waals surface area contributed by atoms with Gasteiger partial charge in [0.05, 0.1) is 13.2 Å². The monoisotopic (exact) mass is 284 g/mol. The van der Waals surface area contributed by atoms with Gasteiger partial charge in [-0.1, -0.05) is 30.3 Å². The summed E-state index contributed by atoms with van der Waals surface area (Å²) in [6.45, 7) is 3.97. The zero-order valence-electron chi connectivity index (χ0n) is 12.5. The van der Waals surface area contributed by atoms with Gasteiger partial charge in [-0.25, -0.2) is 0 Å². The van der Waals surface area contributed by atoms with Crippen LogP contribution in [0.3, 0.4) is 0 Å². The molecule has 0 aliphatic carbocycles. The van der Waals surface area contributed by atoms with Crippen molar-refractivity contribution in [1.82, 2.24) is 5.32 Å². The van der Waals surface area contributed by atoms with Crippen LogP contribution in [0, 0.1) is 6.92 Å². The third-order valence-electron chi connectivity index (χ3n) is 3.51. The van der Waals surface area contributed by atoms with Gasteiger partial charge < -0.3 is 15.8 Å². The third-order valence-corrected chi connectivity index (χ3v) is 3.51. The number of amides is 1. The molecule has 0 radical (unpaired) electrons. The molecule has 4 nitrogen and oxygen atoms in total. The second-order valence-electron chi connectivity index (χ2n) is 4.98. The molecule has 0 spiro atoms. The number of methoxy groups -OCH3 is 1. The van der Waals surface area contributed by atoms with Crippen molar-refractivity contribution in [2.45, 2.75) is 19.9 Å². The van der Waals surface area contributed by atoms with E-state index in [-0.39, 0.29) is 11.9 Å². The van der Waals surface area contributed by atoms with Gasteiger partial charge in [-0.15, -0.1) is 0 Å². The van der Waals surface area contributed by atoms with Crippen LogP contribution in [-0.4, -0.2) is 13.0 Å². The summed E-state index contributed by atoms with van der Waals surface area (Å²) in [6, 6.07) is 13.0. The van der Waals surface area contributed by atoms with Crippen molar-refractivity contribution in [2.24, 2.45) is 0 Å². The highest BCUT2D eigenvalue weighted by molar-refractivity contribution is 6.02. The maximum absolute atomic E-state index is 12.5. The number of aryl methyl sites for hydroxylation is 1.